The number of hydrogen-bond donors (Lipinski definition) is 0. The van der Waals surface area contributed by atoms with Crippen LogP contribution < -0.4 is 0 Å². The zero-order valence-electron chi connectivity index (χ0n) is 13.1. The minimum Gasteiger partial charge on any atom is -0.0946 e. The third-order valence-corrected chi connectivity index (χ3v) is 6.03. The molecule has 0 N–H and O–H groups in total. The van der Waals surface area contributed by atoms with E-state index in [0.717, 1.165) is 0 Å². The van der Waals surface area contributed by atoms with Gasteiger partial charge in [0.15, 0.2) is 0 Å². The van der Waals surface area contributed by atoms with Crippen molar-refractivity contribution in [3.63, 3.8) is 0 Å². The van der Waals surface area contributed by atoms with Crippen LogP contribution in [0.2, 0.25) is 0 Å². The fourth-order valence-electron chi connectivity index (χ4n) is 4.43. The van der Waals surface area contributed by atoms with E-state index in [9.17, 15) is 0 Å². The van der Waals surface area contributed by atoms with Crippen molar-refractivity contribution in [2.45, 2.75) is 60.3 Å². The average Bonchev–Trinajstić information content (AvgIpc) is 3.10. The number of allylic oxidation sites excluding steroid dienone is 7. The summed E-state index contributed by atoms with van der Waals surface area (Å²) in [4.78, 5) is 0. The van der Waals surface area contributed by atoms with Crippen LogP contribution in [0.5, 0.6) is 0 Å². The Balaban J connectivity index is 2.21. The van der Waals surface area contributed by atoms with Gasteiger partial charge in [-0.3, -0.25) is 0 Å². The summed E-state index contributed by atoms with van der Waals surface area (Å²) >= 11 is 0. The molecule has 3 aliphatic carbocycles. The SMILES string of the molecule is C=C1C2=CC(C)=C(CCC)C2=C(C)C2(CC2)C1(C)C. The summed E-state index contributed by atoms with van der Waals surface area (Å²) in [6.45, 7) is 16.2. The van der Waals surface area contributed by atoms with Crippen LogP contribution in [-0.4, -0.2) is 0 Å². The molecule has 0 atom stereocenters. The summed E-state index contributed by atoms with van der Waals surface area (Å²) in [5.74, 6) is 0. The quantitative estimate of drug-likeness (QED) is 0.590. The lowest BCUT2D eigenvalue weighted by Gasteiger charge is -2.44. The Kier molecular flexibility index (Phi) is 2.56. The van der Waals surface area contributed by atoms with Crippen molar-refractivity contribution in [1.82, 2.24) is 0 Å². The molecule has 0 aliphatic heterocycles. The molecule has 0 unspecified atom stereocenters. The van der Waals surface area contributed by atoms with Gasteiger partial charge in [-0.25, -0.2) is 0 Å². The van der Waals surface area contributed by atoms with E-state index in [1.807, 2.05) is 0 Å². The molecular formula is C19H26. The molecule has 0 heterocycles. The molecule has 0 radical (unpaired) electrons. The second-order valence-electron chi connectivity index (χ2n) is 7.16. The van der Waals surface area contributed by atoms with E-state index in [0.29, 0.717) is 5.41 Å². The van der Waals surface area contributed by atoms with Crippen molar-refractivity contribution in [2.24, 2.45) is 10.8 Å². The third-order valence-electron chi connectivity index (χ3n) is 6.03. The van der Waals surface area contributed by atoms with Crippen LogP contribution in [0.25, 0.3) is 0 Å². The van der Waals surface area contributed by atoms with Gasteiger partial charge in [-0.15, -0.1) is 0 Å². The standard InChI is InChI=1S/C19H26/c1-7-8-15-12(2)11-16-13(3)18(5,6)19(9-10-19)14(4)17(15)16/h11H,3,7-10H2,1-2,4-6H3. The molecular weight excluding hydrogens is 228 g/mol. The predicted molar refractivity (Wildman–Crippen MR) is 83.0 cm³/mol. The summed E-state index contributed by atoms with van der Waals surface area (Å²) in [5.41, 5.74) is 9.75. The van der Waals surface area contributed by atoms with E-state index in [2.05, 4.69) is 47.3 Å². The van der Waals surface area contributed by atoms with Crippen molar-refractivity contribution >= 4 is 0 Å². The lowest BCUT2D eigenvalue weighted by atomic mass is 9.59. The average molecular weight is 254 g/mol. The number of hydrogen-bond acceptors (Lipinski definition) is 0. The lowest BCUT2D eigenvalue weighted by Crippen LogP contribution is -2.34. The molecule has 0 nitrogen and oxygen atoms in total. The molecule has 1 saturated carbocycles. The Morgan fingerprint density at radius 1 is 1.21 bits per heavy atom. The van der Waals surface area contributed by atoms with Gasteiger partial charge in [-0.1, -0.05) is 45.4 Å². The van der Waals surface area contributed by atoms with E-state index in [1.54, 1.807) is 16.7 Å². The maximum absolute atomic E-state index is 4.48. The van der Waals surface area contributed by atoms with Gasteiger partial charge >= 0.3 is 0 Å². The highest BCUT2D eigenvalue weighted by atomic mass is 14.6. The lowest BCUT2D eigenvalue weighted by molar-refractivity contribution is 0.277. The largest absolute Gasteiger partial charge is 0.0946 e. The van der Waals surface area contributed by atoms with Crippen LogP contribution in [0.4, 0.5) is 0 Å². The zero-order valence-corrected chi connectivity index (χ0v) is 13.1. The first-order chi connectivity index (χ1) is 8.87. The first kappa shape index (κ1) is 13.0. The minimum absolute atomic E-state index is 0.231. The molecule has 0 aromatic heterocycles. The zero-order chi connectivity index (χ0) is 14.0. The maximum Gasteiger partial charge on any atom is 0.00106 e. The topological polar surface area (TPSA) is 0 Å². The Morgan fingerprint density at radius 3 is 2.37 bits per heavy atom. The van der Waals surface area contributed by atoms with Crippen molar-refractivity contribution in [1.29, 1.82) is 0 Å². The first-order valence-corrected chi connectivity index (χ1v) is 7.70. The van der Waals surface area contributed by atoms with E-state index < -0.39 is 0 Å². The molecule has 19 heavy (non-hydrogen) atoms. The van der Waals surface area contributed by atoms with Crippen molar-refractivity contribution in [2.75, 3.05) is 0 Å². The van der Waals surface area contributed by atoms with Crippen molar-refractivity contribution < 1.29 is 0 Å². The van der Waals surface area contributed by atoms with Gasteiger partial charge in [-0.2, -0.15) is 0 Å². The smallest absolute Gasteiger partial charge is 0.00106 e. The van der Waals surface area contributed by atoms with Gasteiger partial charge in [0.2, 0.25) is 0 Å². The molecule has 3 aliphatic rings. The molecule has 3 rings (SSSR count). The van der Waals surface area contributed by atoms with E-state index in [-0.39, 0.29) is 5.41 Å². The van der Waals surface area contributed by atoms with E-state index >= 15 is 0 Å². The molecule has 1 spiro atoms. The fraction of sp³-hybridized carbons (Fsp3) is 0.579. The highest BCUT2D eigenvalue weighted by molar-refractivity contribution is 5.71. The normalized spacial score (nSPS) is 27.0. The molecule has 0 aromatic carbocycles. The molecule has 0 bridgehead atoms. The van der Waals surface area contributed by atoms with Crippen molar-refractivity contribution in [3.8, 4) is 0 Å². The Labute approximate surface area is 118 Å². The number of rotatable bonds is 2. The van der Waals surface area contributed by atoms with Gasteiger partial charge in [0.25, 0.3) is 0 Å². The first-order valence-electron chi connectivity index (χ1n) is 7.70. The summed E-state index contributed by atoms with van der Waals surface area (Å²) < 4.78 is 0. The second-order valence-corrected chi connectivity index (χ2v) is 7.16. The summed E-state index contributed by atoms with van der Waals surface area (Å²) in [6.07, 6.45) is 7.53. The summed E-state index contributed by atoms with van der Waals surface area (Å²) in [7, 11) is 0. The van der Waals surface area contributed by atoms with Gasteiger partial charge in [0.05, 0.1) is 0 Å². The van der Waals surface area contributed by atoms with Crippen molar-refractivity contribution in [3.05, 3.63) is 46.1 Å². The predicted octanol–water partition coefficient (Wildman–Crippen LogP) is 5.74. The maximum atomic E-state index is 4.48. The second kappa shape index (κ2) is 3.75. The molecule has 0 amide bonds. The van der Waals surface area contributed by atoms with Crippen LogP contribution in [-0.2, 0) is 0 Å². The molecule has 0 saturated heterocycles. The van der Waals surface area contributed by atoms with Crippen LogP contribution in [0, 0.1) is 10.8 Å². The number of fused-ring (bicyclic) bond motifs is 1. The van der Waals surface area contributed by atoms with Gasteiger partial charge < -0.3 is 0 Å². The highest BCUT2D eigenvalue weighted by Gasteiger charge is 2.60. The minimum atomic E-state index is 0.231. The van der Waals surface area contributed by atoms with Gasteiger partial charge in [-0.05, 0) is 66.4 Å². The Hall–Kier alpha value is -1.04. The van der Waals surface area contributed by atoms with Crippen LogP contribution >= 0.6 is 0 Å². The Morgan fingerprint density at radius 2 is 1.84 bits per heavy atom. The van der Waals surface area contributed by atoms with Gasteiger partial charge in [0, 0.05) is 5.41 Å². The molecule has 1 fully saturated rings. The van der Waals surface area contributed by atoms with E-state index in [4.69, 9.17) is 0 Å². The summed E-state index contributed by atoms with van der Waals surface area (Å²) in [5, 5.41) is 0. The summed E-state index contributed by atoms with van der Waals surface area (Å²) in [6, 6.07) is 0. The molecule has 0 heteroatoms. The van der Waals surface area contributed by atoms with Crippen LogP contribution in [0.1, 0.15) is 60.3 Å². The fourth-order valence-corrected chi connectivity index (χ4v) is 4.43. The molecule has 102 valence electrons. The Bertz CT molecular complexity index is 557. The van der Waals surface area contributed by atoms with Crippen LogP contribution in [0.3, 0.4) is 0 Å². The highest BCUT2D eigenvalue weighted by Crippen LogP contribution is 2.71. The van der Waals surface area contributed by atoms with E-state index in [1.165, 1.54) is 42.4 Å². The third kappa shape index (κ3) is 1.41. The monoisotopic (exact) mass is 254 g/mol. The van der Waals surface area contributed by atoms with Crippen LogP contribution in [0.15, 0.2) is 46.1 Å². The van der Waals surface area contributed by atoms with Gasteiger partial charge in [0.1, 0.15) is 0 Å². The molecule has 0 aromatic rings.